The Morgan fingerprint density at radius 2 is 2.12 bits per heavy atom. The van der Waals surface area contributed by atoms with Gasteiger partial charge in [0.1, 0.15) is 0 Å². The van der Waals surface area contributed by atoms with Crippen LogP contribution in [-0.4, -0.2) is 0 Å². The van der Waals surface area contributed by atoms with Gasteiger partial charge in [-0.15, -0.1) is 0 Å². The maximum Gasteiger partial charge on any atom is -0.0229 e. The summed E-state index contributed by atoms with van der Waals surface area (Å²) in [5.74, 6) is 1.69. The Balaban J connectivity index is 2.59. The fourth-order valence-corrected chi connectivity index (χ4v) is 1.42. The zero-order chi connectivity index (χ0) is 6.15. The van der Waals surface area contributed by atoms with Crippen molar-refractivity contribution in [3.05, 3.63) is 11.6 Å². The van der Waals surface area contributed by atoms with Gasteiger partial charge in [0.15, 0.2) is 0 Å². The van der Waals surface area contributed by atoms with Crippen LogP contribution >= 0.6 is 0 Å². The molecule has 0 saturated carbocycles. The lowest BCUT2D eigenvalue weighted by Gasteiger charge is -2.01. The van der Waals surface area contributed by atoms with Crippen LogP contribution in [0.4, 0.5) is 0 Å². The molecule has 0 heterocycles. The lowest BCUT2D eigenvalue weighted by atomic mass is 10.0. The van der Waals surface area contributed by atoms with Crippen LogP contribution in [0, 0.1) is 11.8 Å². The largest absolute Gasteiger partial charge is 0.0825 e. The van der Waals surface area contributed by atoms with E-state index in [2.05, 4.69) is 26.8 Å². The van der Waals surface area contributed by atoms with Crippen molar-refractivity contribution in [3.8, 4) is 0 Å². The number of allylic oxidation sites excluding steroid dienone is 2. The Morgan fingerprint density at radius 1 is 1.50 bits per heavy atom. The van der Waals surface area contributed by atoms with Gasteiger partial charge >= 0.3 is 0 Å². The Hall–Kier alpha value is -0.260. The van der Waals surface area contributed by atoms with Crippen LogP contribution in [0.3, 0.4) is 0 Å². The molecule has 0 aromatic heterocycles. The molecule has 1 aliphatic rings. The Labute approximate surface area is 51.6 Å². The lowest BCUT2D eigenvalue weighted by Crippen LogP contribution is -1.89. The van der Waals surface area contributed by atoms with Crippen molar-refractivity contribution in [2.45, 2.75) is 27.2 Å². The minimum absolute atomic E-state index is 0.838. The van der Waals surface area contributed by atoms with Crippen molar-refractivity contribution in [1.82, 2.24) is 0 Å². The first-order chi connectivity index (χ1) is 3.70. The molecular formula is C8H14. The highest BCUT2D eigenvalue weighted by Crippen LogP contribution is 2.28. The zero-order valence-corrected chi connectivity index (χ0v) is 5.94. The predicted octanol–water partition coefficient (Wildman–Crippen LogP) is 2.61. The normalized spacial score (nSPS) is 37.6. The van der Waals surface area contributed by atoms with E-state index in [1.807, 2.05) is 0 Å². The van der Waals surface area contributed by atoms with Gasteiger partial charge in [-0.1, -0.05) is 25.5 Å². The van der Waals surface area contributed by atoms with Crippen molar-refractivity contribution in [3.63, 3.8) is 0 Å². The van der Waals surface area contributed by atoms with Gasteiger partial charge in [0, 0.05) is 0 Å². The second-order valence-corrected chi connectivity index (χ2v) is 3.02. The van der Waals surface area contributed by atoms with Crippen molar-refractivity contribution < 1.29 is 0 Å². The Kier molecular flexibility index (Phi) is 1.41. The minimum atomic E-state index is 0.838. The summed E-state index contributed by atoms with van der Waals surface area (Å²) in [6.45, 7) is 6.82. The first-order valence-corrected chi connectivity index (χ1v) is 3.38. The fraction of sp³-hybridized carbons (Fsp3) is 0.750. The number of hydrogen-bond acceptors (Lipinski definition) is 0. The number of hydrogen-bond donors (Lipinski definition) is 0. The molecule has 1 rings (SSSR count). The van der Waals surface area contributed by atoms with Crippen molar-refractivity contribution in [2.75, 3.05) is 0 Å². The molecule has 2 atom stereocenters. The molecule has 1 aliphatic carbocycles. The summed E-state index contributed by atoms with van der Waals surface area (Å²) in [7, 11) is 0. The van der Waals surface area contributed by atoms with Gasteiger partial charge in [-0.3, -0.25) is 0 Å². The Morgan fingerprint density at radius 3 is 2.25 bits per heavy atom. The fourth-order valence-electron chi connectivity index (χ4n) is 1.42. The molecule has 0 bridgehead atoms. The van der Waals surface area contributed by atoms with E-state index in [9.17, 15) is 0 Å². The third kappa shape index (κ3) is 0.936. The Bertz CT molecular complexity index is 111. The first kappa shape index (κ1) is 5.87. The van der Waals surface area contributed by atoms with Crippen LogP contribution in [0.25, 0.3) is 0 Å². The monoisotopic (exact) mass is 110 g/mol. The molecule has 0 N–H and O–H groups in total. The molecule has 0 amide bonds. The first-order valence-electron chi connectivity index (χ1n) is 3.38. The van der Waals surface area contributed by atoms with E-state index in [0.29, 0.717) is 0 Å². The lowest BCUT2D eigenvalue weighted by molar-refractivity contribution is 0.577. The van der Waals surface area contributed by atoms with Crippen LogP contribution in [0.2, 0.25) is 0 Å². The van der Waals surface area contributed by atoms with Gasteiger partial charge in [-0.2, -0.15) is 0 Å². The summed E-state index contributed by atoms with van der Waals surface area (Å²) >= 11 is 0. The molecule has 0 unspecified atom stereocenters. The summed E-state index contributed by atoms with van der Waals surface area (Å²) in [4.78, 5) is 0. The summed E-state index contributed by atoms with van der Waals surface area (Å²) in [5.41, 5.74) is 1.58. The maximum absolute atomic E-state index is 2.38. The van der Waals surface area contributed by atoms with Crippen molar-refractivity contribution in [2.24, 2.45) is 11.8 Å². The predicted molar refractivity (Wildman–Crippen MR) is 36.7 cm³/mol. The van der Waals surface area contributed by atoms with Crippen molar-refractivity contribution >= 4 is 0 Å². The van der Waals surface area contributed by atoms with E-state index in [4.69, 9.17) is 0 Å². The average molecular weight is 110 g/mol. The third-order valence-corrected chi connectivity index (χ3v) is 2.05. The molecule has 0 aromatic carbocycles. The van der Waals surface area contributed by atoms with E-state index in [1.165, 1.54) is 6.42 Å². The molecule has 0 aliphatic heterocycles. The van der Waals surface area contributed by atoms with E-state index in [1.54, 1.807) is 5.57 Å². The highest BCUT2D eigenvalue weighted by atomic mass is 14.2. The molecule has 0 heteroatoms. The van der Waals surface area contributed by atoms with Gasteiger partial charge in [0.2, 0.25) is 0 Å². The second-order valence-electron chi connectivity index (χ2n) is 3.02. The molecule has 0 aromatic rings. The van der Waals surface area contributed by atoms with Gasteiger partial charge in [-0.05, 0) is 25.2 Å². The summed E-state index contributed by atoms with van der Waals surface area (Å²) < 4.78 is 0. The topological polar surface area (TPSA) is 0 Å². The maximum atomic E-state index is 2.38. The minimum Gasteiger partial charge on any atom is -0.0825 e. The van der Waals surface area contributed by atoms with Gasteiger partial charge in [0.25, 0.3) is 0 Å². The third-order valence-electron chi connectivity index (χ3n) is 2.05. The molecule has 46 valence electrons. The van der Waals surface area contributed by atoms with Gasteiger partial charge in [-0.25, -0.2) is 0 Å². The van der Waals surface area contributed by atoms with Crippen LogP contribution in [0.5, 0.6) is 0 Å². The zero-order valence-electron chi connectivity index (χ0n) is 5.94. The van der Waals surface area contributed by atoms with Crippen molar-refractivity contribution in [1.29, 1.82) is 0 Å². The average Bonchev–Trinajstić information content (AvgIpc) is 1.85. The van der Waals surface area contributed by atoms with E-state index >= 15 is 0 Å². The van der Waals surface area contributed by atoms with Crippen LogP contribution in [-0.2, 0) is 0 Å². The highest BCUT2D eigenvalue weighted by Gasteiger charge is 2.15. The molecular weight excluding hydrogens is 96.1 g/mol. The molecule has 0 radical (unpaired) electrons. The van der Waals surface area contributed by atoms with Crippen LogP contribution in [0.1, 0.15) is 27.2 Å². The summed E-state index contributed by atoms with van der Waals surface area (Å²) in [6.07, 6.45) is 3.75. The van der Waals surface area contributed by atoms with Gasteiger partial charge in [0.05, 0.1) is 0 Å². The number of rotatable bonds is 0. The SMILES string of the molecule is CC1=C[C@H](C)C[C@@H]1C. The summed E-state index contributed by atoms with van der Waals surface area (Å²) in [6, 6.07) is 0. The van der Waals surface area contributed by atoms with Crippen LogP contribution in [0.15, 0.2) is 11.6 Å². The smallest absolute Gasteiger partial charge is 0.0229 e. The van der Waals surface area contributed by atoms with Crippen LogP contribution < -0.4 is 0 Å². The molecule has 0 nitrogen and oxygen atoms in total. The standard InChI is InChI=1S/C8H14/c1-6-4-7(2)8(3)5-6/h4,6,8H,5H2,1-3H3/t6-,8-/m0/s1. The van der Waals surface area contributed by atoms with E-state index < -0.39 is 0 Å². The van der Waals surface area contributed by atoms with E-state index in [-0.39, 0.29) is 0 Å². The second kappa shape index (κ2) is 1.93. The summed E-state index contributed by atoms with van der Waals surface area (Å²) in [5, 5.41) is 0. The van der Waals surface area contributed by atoms with Gasteiger partial charge < -0.3 is 0 Å². The highest BCUT2D eigenvalue weighted by molar-refractivity contribution is 5.10. The molecule has 0 spiro atoms. The quantitative estimate of drug-likeness (QED) is 0.420. The molecule has 8 heavy (non-hydrogen) atoms. The van der Waals surface area contributed by atoms with E-state index in [0.717, 1.165) is 11.8 Å². The molecule has 0 fully saturated rings. The molecule has 0 saturated heterocycles.